The van der Waals surface area contributed by atoms with Gasteiger partial charge in [0.25, 0.3) is 0 Å². The minimum absolute atomic E-state index is 0.103. The van der Waals surface area contributed by atoms with Crippen molar-refractivity contribution in [3.05, 3.63) is 23.7 Å². The van der Waals surface area contributed by atoms with Crippen LogP contribution >= 0.6 is 0 Å². The molecule has 1 aromatic heterocycles. The topological polar surface area (TPSA) is 125 Å². The van der Waals surface area contributed by atoms with Crippen molar-refractivity contribution in [3.63, 3.8) is 0 Å². The third-order valence-electron chi connectivity index (χ3n) is 2.30. The van der Waals surface area contributed by atoms with E-state index in [1.807, 2.05) is 0 Å². The van der Waals surface area contributed by atoms with Crippen LogP contribution in [0.15, 0.2) is 16.5 Å². The number of rotatable bonds is 7. The van der Waals surface area contributed by atoms with E-state index in [0.29, 0.717) is 5.76 Å². The average molecular weight is 256 g/mol. The Morgan fingerprint density at radius 3 is 2.11 bits per heavy atom. The lowest BCUT2D eigenvalue weighted by Crippen LogP contribution is -2.25. The van der Waals surface area contributed by atoms with Crippen molar-refractivity contribution in [1.29, 1.82) is 0 Å². The first-order valence-electron chi connectivity index (χ1n) is 5.15. The zero-order valence-corrected chi connectivity index (χ0v) is 9.33. The van der Waals surface area contributed by atoms with Crippen molar-refractivity contribution in [2.75, 3.05) is 0 Å². The molecule has 7 nitrogen and oxygen atoms in total. The summed E-state index contributed by atoms with van der Waals surface area (Å²) in [4.78, 5) is 31.7. The molecule has 0 fully saturated rings. The fraction of sp³-hybridized carbons (Fsp3) is 0.364. The first-order chi connectivity index (χ1) is 8.40. The summed E-state index contributed by atoms with van der Waals surface area (Å²) in [5, 5.41) is 25.9. The van der Waals surface area contributed by atoms with Crippen LogP contribution in [0.1, 0.15) is 17.9 Å². The molecule has 0 aliphatic rings. The van der Waals surface area contributed by atoms with E-state index in [2.05, 4.69) is 0 Å². The minimum Gasteiger partial charge on any atom is -0.481 e. The van der Waals surface area contributed by atoms with E-state index < -0.39 is 23.8 Å². The van der Waals surface area contributed by atoms with Crippen LogP contribution in [-0.2, 0) is 27.2 Å². The van der Waals surface area contributed by atoms with Gasteiger partial charge < -0.3 is 19.7 Å². The van der Waals surface area contributed by atoms with Gasteiger partial charge in [-0.25, -0.2) is 0 Å². The molecule has 0 saturated carbocycles. The zero-order chi connectivity index (χ0) is 13.7. The SMILES string of the molecule is O=C(O)CCc1ccc(CC(C(=O)O)C(=O)O)o1. The molecule has 0 radical (unpaired) electrons. The van der Waals surface area contributed by atoms with Crippen LogP contribution in [0.5, 0.6) is 0 Å². The van der Waals surface area contributed by atoms with Crippen molar-refractivity contribution < 1.29 is 34.1 Å². The lowest BCUT2D eigenvalue weighted by Gasteiger charge is -2.04. The van der Waals surface area contributed by atoms with Crippen LogP contribution in [0.25, 0.3) is 0 Å². The summed E-state index contributed by atoms with van der Waals surface area (Å²) in [5.41, 5.74) is 0. The Bertz CT molecular complexity index is 446. The molecule has 1 rings (SSSR count). The van der Waals surface area contributed by atoms with Crippen LogP contribution in [0.2, 0.25) is 0 Å². The van der Waals surface area contributed by atoms with Gasteiger partial charge in [-0.15, -0.1) is 0 Å². The van der Waals surface area contributed by atoms with Crippen molar-refractivity contribution >= 4 is 17.9 Å². The molecule has 3 N–H and O–H groups in total. The number of hydrogen-bond acceptors (Lipinski definition) is 4. The molecule has 18 heavy (non-hydrogen) atoms. The molecule has 0 aliphatic carbocycles. The Hall–Kier alpha value is -2.31. The van der Waals surface area contributed by atoms with Gasteiger partial charge in [0.15, 0.2) is 5.92 Å². The molecular weight excluding hydrogens is 244 g/mol. The Balaban J connectivity index is 2.65. The van der Waals surface area contributed by atoms with Crippen LogP contribution < -0.4 is 0 Å². The molecule has 0 amide bonds. The molecule has 0 atom stereocenters. The fourth-order valence-electron chi connectivity index (χ4n) is 1.38. The highest BCUT2D eigenvalue weighted by Crippen LogP contribution is 2.15. The minimum atomic E-state index is -1.57. The van der Waals surface area contributed by atoms with Crippen molar-refractivity contribution in [1.82, 2.24) is 0 Å². The molecule has 7 heteroatoms. The zero-order valence-electron chi connectivity index (χ0n) is 9.33. The van der Waals surface area contributed by atoms with Gasteiger partial charge in [0.05, 0.1) is 6.42 Å². The molecule has 0 aliphatic heterocycles. The van der Waals surface area contributed by atoms with Crippen molar-refractivity contribution in [2.24, 2.45) is 5.92 Å². The predicted molar refractivity (Wildman–Crippen MR) is 57.1 cm³/mol. The maximum Gasteiger partial charge on any atom is 0.318 e. The van der Waals surface area contributed by atoms with Gasteiger partial charge in [0.1, 0.15) is 11.5 Å². The van der Waals surface area contributed by atoms with Gasteiger partial charge in [-0.1, -0.05) is 0 Å². The molecule has 98 valence electrons. The van der Waals surface area contributed by atoms with E-state index in [-0.39, 0.29) is 25.0 Å². The third kappa shape index (κ3) is 3.93. The normalized spacial score (nSPS) is 10.5. The number of carbonyl (C=O) groups is 3. The van der Waals surface area contributed by atoms with Gasteiger partial charge >= 0.3 is 17.9 Å². The second-order valence-corrected chi connectivity index (χ2v) is 3.69. The number of furan rings is 1. The Morgan fingerprint density at radius 2 is 1.61 bits per heavy atom. The largest absolute Gasteiger partial charge is 0.481 e. The predicted octanol–water partition coefficient (Wildman–Crippen LogP) is 0.625. The second-order valence-electron chi connectivity index (χ2n) is 3.69. The quantitative estimate of drug-likeness (QED) is 0.610. The van der Waals surface area contributed by atoms with Crippen LogP contribution in [-0.4, -0.2) is 33.2 Å². The monoisotopic (exact) mass is 256 g/mol. The van der Waals surface area contributed by atoms with Gasteiger partial charge in [-0.05, 0) is 12.1 Å². The maximum absolute atomic E-state index is 10.7. The van der Waals surface area contributed by atoms with Gasteiger partial charge in [0, 0.05) is 12.8 Å². The molecule has 0 spiro atoms. The summed E-state index contributed by atoms with van der Waals surface area (Å²) in [6, 6.07) is 2.97. The van der Waals surface area contributed by atoms with E-state index in [4.69, 9.17) is 19.7 Å². The Morgan fingerprint density at radius 1 is 1.06 bits per heavy atom. The summed E-state index contributed by atoms with van der Waals surface area (Å²) in [7, 11) is 0. The van der Waals surface area contributed by atoms with Gasteiger partial charge in [-0.3, -0.25) is 14.4 Å². The Kier molecular flexibility index (Phi) is 4.47. The van der Waals surface area contributed by atoms with Crippen LogP contribution in [0.4, 0.5) is 0 Å². The molecule has 0 unspecified atom stereocenters. The summed E-state index contributed by atoms with van der Waals surface area (Å²) in [6.07, 6.45) is -0.188. The second kappa shape index (κ2) is 5.85. The smallest absolute Gasteiger partial charge is 0.318 e. The number of aliphatic carboxylic acids is 3. The van der Waals surface area contributed by atoms with Gasteiger partial charge in [0.2, 0.25) is 0 Å². The number of carboxylic acids is 3. The summed E-state index contributed by atoms with van der Waals surface area (Å²) in [5.74, 6) is -4.81. The molecule has 1 aromatic rings. The van der Waals surface area contributed by atoms with E-state index >= 15 is 0 Å². The van der Waals surface area contributed by atoms with E-state index in [1.54, 1.807) is 0 Å². The highest BCUT2D eigenvalue weighted by Gasteiger charge is 2.27. The molecular formula is C11H12O7. The molecule has 0 saturated heterocycles. The molecule has 0 aromatic carbocycles. The number of carboxylic acid groups (broad SMARTS) is 3. The van der Waals surface area contributed by atoms with Crippen molar-refractivity contribution in [3.8, 4) is 0 Å². The molecule has 0 bridgehead atoms. The highest BCUT2D eigenvalue weighted by atomic mass is 16.4. The van der Waals surface area contributed by atoms with Crippen LogP contribution in [0.3, 0.4) is 0 Å². The van der Waals surface area contributed by atoms with E-state index in [1.165, 1.54) is 12.1 Å². The van der Waals surface area contributed by atoms with Crippen LogP contribution in [0, 0.1) is 5.92 Å². The lowest BCUT2D eigenvalue weighted by molar-refractivity contribution is -0.154. The lowest BCUT2D eigenvalue weighted by atomic mass is 10.1. The first kappa shape index (κ1) is 13.8. The molecule has 1 heterocycles. The summed E-state index contributed by atoms with van der Waals surface area (Å²) < 4.78 is 5.17. The van der Waals surface area contributed by atoms with Crippen molar-refractivity contribution in [2.45, 2.75) is 19.3 Å². The average Bonchev–Trinajstić information content (AvgIpc) is 2.70. The number of aryl methyl sites for hydroxylation is 1. The number of hydrogen-bond donors (Lipinski definition) is 3. The first-order valence-corrected chi connectivity index (χ1v) is 5.15. The fourth-order valence-corrected chi connectivity index (χ4v) is 1.38. The highest BCUT2D eigenvalue weighted by molar-refractivity contribution is 5.93. The maximum atomic E-state index is 10.7. The van der Waals surface area contributed by atoms with Gasteiger partial charge in [-0.2, -0.15) is 0 Å². The van der Waals surface area contributed by atoms with E-state index in [9.17, 15) is 14.4 Å². The summed E-state index contributed by atoms with van der Waals surface area (Å²) in [6.45, 7) is 0. The summed E-state index contributed by atoms with van der Waals surface area (Å²) >= 11 is 0. The Labute approximate surface area is 102 Å². The standard InChI is InChI=1S/C11H12O7/c12-9(13)4-3-6-1-2-7(18-6)5-8(10(14)15)11(16)17/h1-2,8H,3-5H2,(H,12,13)(H,14,15)(H,16,17). The third-order valence-corrected chi connectivity index (χ3v) is 2.30. The van der Waals surface area contributed by atoms with E-state index in [0.717, 1.165) is 0 Å².